The molecule has 0 aromatic heterocycles. The molecule has 3 N–H and O–H groups in total. The van der Waals surface area contributed by atoms with Gasteiger partial charge in [-0.25, -0.2) is 4.79 Å². The molecule has 1 rings (SSSR count). The van der Waals surface area contributed by atoms with E-state index in [2.05, 4.69) is 10.6 Å². The number of imide groups is 1. The number of carbonyl (C=O) groups is 3. The van der Waals surface area contributed by atoms with Crippen LogP contribution >= 0.6 is 0 Å². The molecule has 7 nitrogen and oxygen atoms in total. The number of hydrogen-bond acceptors (Lipinski definition) is 4. The van der Waals surface area contributed by atoms with Gasteiger partial charge in [-0.15, -0.1) is 0 Å². The van der Waals surface area contributed by atoms with Crippen LogP contribution in [0, 0.1) is 0 Å². The maximum Gasteiger partial charge on any atom is 0.325 e. The van der Waals surface area contributed by atoms with Gasteiger partial charge >= 0.3 is 12.0 Å². The van der Waals surface area contributed by atoms with Crippen LogP contribution in [-0.2, 0) is 9.59 Å². The summed E-state index contributed by atoms with van der Waals surface area (Å²) in [7, 11) is 0. The molecule has 0 aromatic rings. The molecule has 0 bridgehead atoms. The van der Waals surface area contributed by atoms with Crippen LogP contribution in [-0.4, -0.2) is 52.1 Å². The van der Waals surface area contributed by atoms with Crippen molar-refractivity contribution in [2.75, 3.05) is 13.1 Å². The number of carboxylic acid groups (broad SMARTS) is 1. The highest BCUT2D eigenvalue weighted by molar-refractivity contribution is 6.06. The third-order valence-corrected chi connectivity index (χ3v) is 3.52. The summed E-state index contributed by atoms with van der Waals surface area (Å²) in [6.07, 6.45) is 1.21. The van der Waals surface area contributed by atoms with Gasteiger partial charge in [0.25, 0.3) is 5.91 Å². The van der Waals surface area contributed by atoms with Crippen molar-refractivity contribution in [2.24, 2.45) is 0 Å². The molecular weight excluding hydrogens is 262 g/mol. The Kier molecular flexibility index (Phi) is 4.75. The summed E-state index contributed by atoms with van der Waals surface area (Å²) in [5.41, 5.74) is -1.93. The summed E-state index contributed by atoms with van der Waals surface area (Å²) < 4.78 is 0. The zero-order chi connectivity index (χ0) is 15.6. The number of carbonyl (C=O) groups excluding carboxylic acids is 2. The Morgan fingerprint density at radius 2 is 2.05 bits per heavy atom. The lowest BCUT2D eigenvalue weighted by Gasteiger charge is -2.27. The molecular formula is C13H23N3O4. The van der Waals surface area contributed by atoms with Crippen LogP contribution in [0.2, 0.25) is 0 Å². The zero-order valence-electron chi connectivity index (χ0n) is 12.4. The summed E-state index contributed by atoms with van der Waals surface area (Å²) in [6, 6.07) is -0.436. The van der Waals surface area contributed by atoms with Gasteiger partial charge in [-0.3, -0.25) is 14.5 Å². The minimum atomic E-state index is -1.04. The summed E-state index contributed by atoms with van der Waals surface area (Å²) in [5.74, 6) is -1.23. The normalized spacial score (nSPS) is 20.7. The fourth-order valence-corrected chi connectivity index (χ4v) is 2.24. The Morgan fingerprint density at radius 1 is 1.45 bits per heavy atom. The quantitative estimate of drug-likeness (QED) is 0.593. The smallest absolute Gasteiger partial charge is 0.325 e. The highest BCUT2D eigenvalue weighted by Crippen LogP contribution is 2.16. The molecule has 0 spiro atoms. The van der Waals surface area contributed by atoms with Gasteiger partial charge in [-0.1, -0.05) is 13.3 Å². The zero-order valence-corrected chi connectivity index (χ0v) is 12.4. The Bertz CT molecular complexity index is 422. The van der Waals surface area contributed by atoms with E-state index in [9.17, 15) is 19.5 Å². The maximum absolute atomic E-state index is 12.0. The van der Waals surface area contributed by atoms with Gasteiger partial charge in [0.1, 0.15) is 11.1 Å². The predicted molar refractivity (Wildman–Crippen MR) is 73.3 cm³/mol. The second-order valence-corrected chi connectivity index (χ2v) is 5.83. The van der Waals surface area contributed by atoms with Crippen LogP contribution in [0.1, 0.15) is 40.5 Å². The lowest BCUT2D eigenvalue weighted by Crippen LogP contribution is -2.52. The Labute approximate surface area is 118 Å². The third-order valence-electron chi connectivity index (χ3n) is 3.52. The molecule has 114 valence electrons. The molecule has 20 heavy (non-hydrogen) atoms. The molecule has 1 heterocycles. The Morgan fingerprint density at radius 3 is 2.45 bits per heavy atom. The Hall–Kier alpha value is -1.63. The average molecular weight is 285 g/mol. The van der Waals surface area contributed by atoms with Crippen molar-refractivity contribution in [1.82, 2.24) is 15.5 Å². The van der Waals surface area contributed by atoms with Crippen molar-refractivity contribution >= 4 is 17.9 Å². The number of urea groups is 1. The molecule has 1 saturated heterocycles. The van der Waals surface area contributed by atoms with E-state index in [1.807, 2.05) is 6.92 Å². The highest BCUT2D eigenvalue weighted by atomic mass is 16.4. The molecule has 0 saturated carbocycles. The SMILES string of the molecule is CCCC(C)(NCCN1C(=O)NC(C)(C)C1=O)C(=O)O. The van der Waals surface area contributed by atoms with Crippen LogP contribution in [0.5, 0.6) is 0 Å². The number of rotatable bonds is 7. The Balaban J connectivity index is 2.58. The fourth-order valence-electron chi connectivity index (χ4n) is 2.24. The average Bonchev–Trinajstić information content (AvgIpc) is 2.51. The van der Waals surface area contributed by atoms with Crippen molar-refractivity contribution in [3.05, 3.63) is 0 Å². The number of nitrogens with one attached hydrogen (secondary N) is 2. The van der Waals surface area contributed by atoms with Gasteiger partial charge in [-0.2, -0.15) is 0 Å². The van der Waals surface area contributed by atoms with Crippen molar-refractivity contribution < 1.29 is 19.5 Å². The van der Waals surface area contributed by atoms with Crippen LogP contribution in [0.4, 0.5) is 4.79 Å². The molecule has 1 aliphatic heterocycles. The molecule has 3 amide bonds. The van der Waals surface area contributed by atoms with Crippen LogP contribution in [0.15, 0.2) is 0 Å². The summed E-state index contributed by atoms with van der Waals surface area (Å²) in [4.78, 5) is 36.0. The second kappa shape index (κ2) is 5.78. The first-order chi connectivity index (χ1) is 9.14. The van der Waals surface area contributed by atoms with Gasteiger partial charge in [0.2, 0.25) is 0 Å². The van der Waals surface area contributed by atoms with E-state index in [-0.39, 0.29) is 19.0 Å². The van der Waals surface area contributed by atoms with E-state index < -0.39 is 23.1 Å². The van der Waals surface area contributed by atoms with Crippen molar-refractivity contribution in [3.8, 4) is 0 Å². The fraction of sp³-hybridized carbons (Fsp3) is 0.769. The maximum atomic E-state index is 12.0. The minimum Gasteiger partial charge on any atom is -0.480 e. The van der Waals surface area contributed by atoms with E-state index in [4.69, 9.17) is 0 Å². The number of amides is 3. The third kappa shape index (κ3) is 3.27. The monoisotopic (exact) mass is 285 g/mol. The molecule has 0 aliphatic carbocycles. The summed E-state index contributed by atoms with van der Waals surface area (Å²) in [6.45, 7) is 7.19. The van der Waals surface area contributed by atoms with Gasteiger partial charge in [0.15, 0.2) is 0 Å². The second-order valence-electron chi connectivity index (χ2n) is 5.83. The van der Waals surface area contributed by atoms with Crippen LogP contribution in [0.3, 0.4) is 0 Å². The molecule has 1 fully saturated rings. The van der Waals surface area contributed by atoms with E-state index >= 15 is 0 Å². The van der Waals surface area contributed by atoms with Crippen LogP contribution < -0.4 is 10.6 Å². The number of hydrogen-bond donors (Lipinski definition) is 3. The largest absolute Gasteiger partial charge is 0.480 e. The van der Waals surface area contributed by atoms with Gasteiger partial charge < -0.3 is 15.7 Å². The summed E-state index contributed by atoms with van der Waals surface area (Å²) in [5, 5.41) is 14.7. The first kappa shape index (κ1) is 16.4. The first-order valence-electron chi connectivity index (χ1n) is 6.76. The molecule has 1 unspecified atom stereocenters. The predicted octanol–water partition coefficient (Wildman–Crippen LogP) is 0.550. The molecule has 7 heteroatoms. The van der Waals surface area contributed by atoms with Crippen LogP contribution in [0.25, 0.3) is 0 Å². The number of nitrogens with zero attached hydrogens (tertiary/aromatic N) is 1. The number of aliphatic carboxylic acids is 1. The van der Waals surface area contributed by atoms with Gasteiger partial charge in [0, 0.05) is 13.1 Å². The molecule has 1 atom stereocenters. The first-order valence-corrected chi connectivity index (χ1v) is 6.76. The van der Waals surface area contributed by atoms with Crippen molar-refractivity contribution in [1.29, 1.82) is 0 Å². The van der Waals surface area contributed by atoms with E-state index in [1.165, 1.54) is 0 Å². The number of carboxylic acids is 1. The lowest BCUT2D eigenvalue weighted by atomic mass is 9.96. The highest BCUT2D eigenvalue weighted by Gasteiger charge is 2.44. The van der Waals surface area contributed by atoms with E-state index in [0.29, 0.717) is 6.42 Å². The standard InChI is InChI=1S/C13H23N3O4/c1-5-6-13(4,10(18)19)14-7-8-16-9(17)12(2,3)15-11(16)20/h14H,5-8H2,1-4H3,(H,15,20)(H,18,19). The summed E-state index contributed by atoms with van der Waals surface area (Å²) >= 11 is 0. The molecule has 1 aliphatic rings. The minimum absolute atomic E-state index is 0.153. The molecule has 0 radical (unpaired) electrons. The van der Waals surface area contributed by atoms with Crippen molar-refractivity contribution in [3.63, 3.8) is 0 Å². The van der Waals surface area contributed by atoms with E-state index in [0.717, 1.165) is 11.3 Å². The molecule has 0 aromatic carbocycles. The van der Waals surface area contributed by atoms with Crippen molar-refractivity contribution in [2.45, 2.75) is 51.6 Å². The van der Waals surface area contributed by atoms with Gasteiger partial charge in [0.05, 0.1) is 0 Å². The van der Waals surface area contributed by atoms with E-state index in [1.54, 1.807) is 20.8 Å². The van der Waals surface area contributed by atoms with Gasteiger partial charge in [-0.05, 0) is 27.2 Å². The lowest BCUT2D eigenvalue weighted by molar-refractivity contribution is -0.144. The topological polar surface area (TPSA) is 98.7 Å².